The summed E-state index contributed by atoms with van der Waals surface area (Å²) in [5.41, 5.74) is 6.32. The lowest BCUT2D eigenvalue weighted by Crippen LogP contribution is -2.03. The molecule has 6 aromatic carbocycles. The number of benzene rings is 6. The van der Waals surface area contributed by atoms with Crippen LogP contribution in [-0.4, -0.2) is 14.5 Å². The van der Waals surface area contributed by atoms with Crippen LogP contribution in [0.4, 0.5) is 0 Å². The van der Waals surface area contributed by atoms with E-state index in [0.29, 0.717) is 11.5 Å². The number of rotatable bonds is 2. The number of furan rings is 1. The second kappa shape index (κ2) is 8.51. The van der Waals surface area contributed by atoms with Gasteiger partial charge in [-0.05, 0) is 47.2 Å². The normalized spacial score (nSPS) is 12.2. The highest BCUT2D eigenvalue weighted by atomic mass is 32.1. The first-order chi connectivity index (χ1) is 21.3. The largest absolute Gasteiger partial charge is 0.452 e. The average Bonchev–Trinajstić information content (AvgIpc) is 3.73. The molecule has 0 saturated carbocycles. The number of nitrogens with zero attached hydrogens (tertiary/aromatic N) is 3. The van der Waals surface area contributed by atoms with Gasteiger partial charge in [-0.3, -0.25) is 4.57 Å². The molecule has 0 atom stereocenters. The van der Waals surface area contributed by atoms with Crippen LogP contribution in [0.1, 0.15) is 0 Å². The number of hydrogen-bond acceptors (Lipinski definition) is 4. The Labute approximate surface area is 249 Å². The zero-order valence-electron chi connectivity index (χ0n) is 22.8. The van der Waals surface area contributed by atoms with Crippen molar-refractivity contribution in [1.29, 1.82) is 0 Å². The van der Waals surface area contributed by atoms with Gasteiger partial charge in [-0.1, -0.05) is 91.0 Å². The van der Waals surface area contributed by atoms with Crippen LogP contribution in [0.5, 0.6) is 0 Å². The first-order valence-corrected chi connectivity index (χ1v) is 15.2. The van der Waals surface area contributed by atoms with Crippen LogP contribution in [0, 0.1) is 0 Å². The highest BCUT2D eigenvalue weighted by molar-refractivity contribution is 7.26. The maximum absolute atomic E-state index is 6.48. The van der Waals surface area contributed by atoms with Crippen LogP contribution in [0.2, 0.25) is 0 Å². The van der Waals surface area contributed by atoms with Gasteiger partial charge >= 0.3 is 0 Å². The van der Waals surface area contributed by atoms with Gasteiger partial charge in [-0.25, -0.2) is 9.97 Å². The van der Waals surface area contributed by atoms with Crippen molar-refractivity contribution in [2.45, 2.75) is 0 Å². The predicted octanol–water partition coefficient (Wildman–Crippen LogP) is 10.7. The first-order valence-electron chi connectivity index (χ1n) is 14.3. The molecule has 10 rings (SSSR count). The summed E-state index contributed by atoms with van der Waals surface area (Å²) in [5, 5.41) is 8.20. The van der Waals surface area contributed by atoms with Crippen molar-refractivity contribution in [2.75, 3.05) is 0 Å². The molecule has 0 spiro atoms. The number of hydrogen-bond donors (Lipinski definition) is 0. The van der Waals surface area contributed by atoms with E-state index in [1.165, 1.54) is 36.3 Å². The molecule has 0 N–H and O–H groups in total. The van der Waals surface area contributed by atoms with Crippen molar-refractivity contribution in [3.63, 3.8) is 0 Å². The summed E-state index contributed by atoms with van der Waals surface area (Å²) in [6.07, 6.45) is 0. The summed E-state index contributed by atoms with van der Waals surface area (Å²) in [6.45, 7) is 0. The summed E-state index contributed by atoms with van der Waals surface area (Å²) in [4.78, 5) is 10.6. The van der Waals surface area contributed by atoms with Gasteiger partial charge in [0.25, 0.3) is 0 Å². The fourth-order valence-corrected chi connectivity index (χ4v) is 7.79. The summed E-state index contributed by atoms with van der Waals surface area (Å²) in [7, 11) is 0. The molecule has 5 heteroatoms. The maximum atomic E-state index is 6.48. The Kier molecular flexibility index (Phi) is 4.57. The third kappa shape index (κ3) is 3.20. The van der Waals surface area contributed by atoms with Crippen LogP contribution in [0.25, 0.3) is 92.0 Å². The van der Waals surface area contributed by atoms with Gasteiger partial charge in [0.15, 0.2) is 5.58 Å². The monoisotopic (exact) mass is 567 g/mol. The lowest BCUT2D eigenvalue weighted by atomic mass is 10.0. The van der Waals surface area contributed by atoms with Crippen molar-refractivity contribution < 1.29 is 4.42 Å². The number of para-hydroxylation sites is 2. The highest BCUT2D eigenvalue weighted by Gasteiger charge is 2.23. The van der Waals surface area contributed by atoms with Crippen molar-refractivity contribution in [3.05, 3.63) is 127 Å². The second-order valence-electron chi connectivity index (χ2n) is 11.0. The van der Waals surface area contributed by atoms with Crippen LogP contribution < -0.4 is 0 Å². The zero-order valence-corrected chi connectivity index (χ0v) is 23.6. The van der Waals surface area contributed by atoms with E-state index < -0.39 is 0 Å². The molecule has 0 unspecified atom stereocenters. The van der Waals surface area contributed by atoms with E-state index in [2.05, 4.69) is 114 Å². The Bertz CT molecular complexity index is 2750. The molecule has 0 bridgehead atoms. The van der Waals surface area contributed by atoms with Gasteiger partial charge in [-0.2, -0.15) is 0 Å². The molecule has 4 heterocycles. The third-order valence-electron chi connectivity index (χ3n) is 8.61. The van der Waals surface area contributed by atoms with Gasteiger partial charge in [-0.15, -0.1) is 11.3 Å². The Morgan fingerprint density at radius 1 is 0.581 bits per heavy atom. The van der Waals surface area contributed by atoms with Gasteiger partial charge in [0, 0.05) is 41.9 Å². The molecule has 4 aromatic heterocycles. The van der Waals surface area contributed by atoms with Crippen molar-refractivity contribution in [1.82, 2.24) is 14.5 Å². The Morgan fingerprint density at radius 2 is 1.35 bits per heavy atom. The third-order valence-corrected chi connectivity index (χ3v) is 9.74. The maximum Gasteiger partial charge on any atom is 0.236 e. The molecule has 0 amide bonds. The number of aromatic nitrogens is 3. The molecule has 200 valence electrons. The van der Waals surface area contributed by atoms with Crippen LogP contribution in [-0.2, 0) is 0 Å². The molecule has 43 heavy (non-hydrogen) atoms. The minimum atomic E-state index is 0.635. The Morgan fingerprint density at radius 3 is 2.28 bits per heavy atom. The fourth-order valence-electron chi connectivity index (χ4n) is 6.68. The molecule has 0 fully saturated rings. The van der Waals surface area contributed by atoms with E-state index in [1.807, 2.05) is 29.5 Å². The molecule has 0 radical (unpaired) electrons. The van der Waals surface area contributed by atoms with Crippen LogP contribution >= 0.6 is 11.3 Å². The van der Waals surface area contributed by atoms with Gasteiger partial charge in [0.1, 0.15) is 16.8 Å². The fraction of sp³-hybridized carbons (Fsp3) is 0. The summed E-state index contributed by atoms with van der Waals surface area (Å²) in [5.74, 6) is 0.635. The van der Waals surface area contributed by atoms with E-state index in [9.17, 15) is 0 Å². The van der Waals surface area contributed by atoms with Crippen molar-refractivity contribution in [2.24, 2.45) is 0 Å². The standard InChI is InChI=1S/C38H21N3OS/c1-2-10-23-21-24(18-17-22(23)9-1)34-37-35(27-12-4-7-15-30(27)42-37)40-38(39-34)41-29-14-6-3-11-25(29)26-19-20-32-33(36(26)41)28-13-5-8-16-31(28)43-32/h1-21H. The topological polar surface area (TPSA) is 43.9 Å². The second-order valence-corrected chi connectivity index (χ2v) is 12.1. The molecular formula is C38H21N3OS. The van der Waals surface area contributed by atoms with Gasteiger partial charge in [0.05, 0.1) is 11.0 Å². The first kappa shape index (κ1) is 23.1. The molecule has 0 aliphatic carbocycles. The minimum Gasteiger partial charge on any atom is -0.452 e. The van der Waals surface area contributed by atoms with Crippen LogP contribution in [0.3, 0.4) is 0 Å². The smallest absolute Gasteiger partial charge is 0.236 e. The Hall–Kier alpha value is -5.52. The van der Waals surface area contributed by atoms with Crippen molar-refractivity contribution in [3.8, 4) is 17.2 Å². The van der Waals surface area contributed by atoms with E-state index in [0.717, 1.165) is 44.2 Å². The molecule has 0 aliphatic rings. The van der Waals surface area contributed by atoms with Gasteiger partial charge in [0.2, 0.25) is 5.95 Å². The number of thiophene rings is 1. The molecule has 0 aliphatic heterocycles. The molecule has 10 aromatic rings. The van der Waals surface area contributed by atoms with E-state index in [-0.39, 0.29) is 0 Å². The van der Waals surface area contributed by atoms with Crippen LogP contribution in [0.15, 0.2) is 132 Å². The van der Waals surface area contributed by atoms with E-state index in [4.69, 9.17) is 14.4 Å². The van der Waals surface area contributed by atoms with Gasteiger partial charge < -0.3 is 4.42 Å². The minimum absolute atomic E-state index is 0.635. The van der Waals surface area contributed by atoms with E-state index in [1.54, 1.807) is 0 Å². The lowest BCUT2D eigenvalue weighted by molar-refractivity contribution is 0.666. The Balaban J connectivity index is 1.40. The predicted molar refractivity (Wildman–Crippen MR) is 179 cm³/mol. The SMILES string of the molecule is c1ccc2cc(-c3nc(-n4c5ccccc5c5ccc6sc7ccccc7c6c54)nc4c3oc3ccccc34)ccc2c1. The zero-order chi connectivity index (χ0) is 28.1. The number of fused-ring (bicyclic) bond motifs is 11. The summed E-state index contributed by atoms with van der Waals surface area (Å²) >= 11 is 1.83. The van der Waals surface area contributed by atoms with Crippen molar-refractivity contribution >= 4 is 86.2 Å². The lowest BCUT2D eigenvalue weighted by Gasteiger charge is -2.11. The molecule has 4 nitrogen and oxygen atoms in total. The summed E-state index contributed by atoms with van der Waals surface area (Å²) < 4.78 is 11.3. The average molecular weight is 568 g/mol. The molecular weight excluding hydrogens is 547 g/mol. The summed E-state index contributed by atoms with van der Waals surface area (Å²) in [6, 6.07) is 44.8. The van der Waals surface area contributed by atoms with E-state index >= 15 is 0 Å². The molecule has 0 saturated heterocycles. The highest BCUT2D eigenvalue weighted by Crippen LogP contribution is 2.43. The quantitative estimate of drug-likeness (QED) is 0.209.